The monoisotopic (exact) mass is 421 g/mol. The van der Waals surface area contributed by atoms with Gasteiger partial charge in [0.2, 0.25) is 5.91 Å². The van der Waals surface area contributed by atoms with Gasteiger partial charge in [0.15, 0.2) is 5.16 Å². The number of aromatic nitrogens is 3. The number of hydrogen-bond acceptors (Lipinski definition) is 5. The average molecular weight is 422 g/mol. The van der Waals surface area contributed by atoms with E-state index in [1.165, 1.54) is 36.6 Å². The van der Waals surface area contributed by atoms with Crippen molar-refractivity contribution in [2.45, 2.75) is 42.8 Å². The minimum atomic E-state index is -0.507. The van der Waals surface area contributed by atoms with E-state index >= 15 is 0 Å². The highest BCUT2D eigenvalue weighted by atomic mass is 32.2. The first-order valence-electron chi connectivity index (χ1n) is 10.4. The van der Waals surface area contributed by atoms with Gasteiger partial charge in [-0.3, -0.25) is 9.69 Å². The molecule has 6 nitrogen and oxygen atoms in total. The zero-order chi connectivity index (χ0) is 20.8. The van der Waals surface area contributed by atoms with Gasteiger partial charge in [-0.15, -0.1) is 10.2 Å². The minimum absolute atomic E-state index is 0.377. The average Bonchev–Trinajstić information content (AvgIpc) is 3.14. The van der Waals surface area contributed by atoms with E-state index in [9.17, 15) is 4.79 Å². The molecule has 1 amide bonds. The summed E-state index contributed by atoms with van der Waals surface area (Å²) in [5.74, 6) is 0.553. The van der Waals surface area contributed by atoms with Crippen LogP contribution in [-0.4, -0.2) is 38.7 Å². The maximum Gasteiger partial charge on any atom is 0.235 e. The van der Waals surface area contributed by atoms with Crippen LogP contribution in [0, 0.1) is 0 Å². The Bertz CT molecular complexity index is 954. The van der Waals surface area contributed by atoms with Crippen molar-refractivity contribution in [3.05, 3.63) is 77.6 Å². The number of benzene rings is 2. The Morgan fingerprint density at radius 3 is 2.27 bits per heavy atom. The summed E-state index contributed by atoms with van der Waals surface area (Å²) in [5.41, 5.74) is 7.80. The van der Waals surface area contributed by atoms with E-state index in [-0.39, 0.29) is 5.91 Å². The maximum absolute atomic E-state index is 12.2. The summed E-state index contributed by atoms with van der Waals surface area (Å²) < 4.78 is 2.13. The lowest BCUT2D eigenvalue weighted by molar-refractivity contribution is -0.117. The molecular weight excluding hydrogens is 394 g/mol. The summed E-state index contributed by atoms with van der Waals surface area (Å²) in [4.78, 5) is 14.7. The molecule has 7 heteroatoms. The number of amides is 1. The van der Waals surface area contributed by atoms with E-state index in [1.807, 2.05) is 48.5 Å². The molecule has 2 heterocycles. The molecule has 0 radical (unpaired) electrons. The molecule has 1 aliphatic rings. The number of nitrogens with two attached hydrogens (primary N) is 1. The number of primary amides is 1. The van der Waals surface area contributed by atoms with Crippen molar-refractivity contribution in [3.8, 4) is 0 Å². The second-order valence-electron chi connectivity index (χ2n) is 7.62. The third kappa shape index (κ3) is 5.09. The van der Waals surface area contributed by atoms with E-state index in [0.29, 0.717) is 6.54 Å². The van der Waals surface area contributed by atoms with Crippen LogP contribution in [0.15, 0.2) is 65.8 Å². The van der Waals surface area contributed by atoms with Gasteiger partial charge in [0.1, 0.15) is 11.1 Å². The molecular formula is C23H27N5OS. The lowest BCUT2D eigenvalue weighted by atomic mass is 10.1. The van der Waals surface area contributed by atoms with E-state index < -0.39 is 5.25 Å². The van der Waals surface area contributed by atoms with Crippen LogP contribution in [0.25, 0.3) is 0 Å². The van der Waals surface area contributed by atoms with E-state index in [0.717, 1.165) is 36.2 Å². The second-order valence-corrected chi connectivity index (χ2v) is 8.69. The van der Waals surface area contributed by atoms with Gasteiger partial charge in [-0.25, -0.2) is 0 Å². The zero-order valence-corrected chi connectivity index (χ0v) is 17.8. The summed E-state index contributed by atoms with van der Waals surface area (Å²) in [5, 5.41) is 9.19. The van der Waals surface area contributed by atoms with E-state index in [4.69, 9.17) is 5.73 Å². The largest absolute Gasteiger partial charge is 0.368 e. The molecule has 0 aliphatic carbocycles. The van der Waals surface area contributed by atoms with Crippen LogP contribution in [0.3, 0.4) is 0 Å². The molecule has 30 heavy (non-hydrogen) atoms. The quantitative estimate of drug-likeness (QED) is 0.562. The molecule has 1 fully saturated rings. The van der Waals surface area contributed by atoms with Crippen molar-refractivity contribution in [2.75, 3.05) is 13.1 Å². The number of likely N-dealkylation sites (tertiary alicyclic amines) is 1. The fraction of sp³-hybridized carbons (Fsp3) is 0.348. The molecule has 0 unspecified atom stereocenters. The summed E-state index contributed by atoms with van der Waals surface area (Å²) in [7, 11) is 0. The SMILES string of the molecule is NC(=O)[C@@H](Sc1nnc(CN2CCCCC2)n1Cc1ccccc1)c1ccccc1. The third-order valence-electron chi connectivity index (χ3n) is 5.37. The third-order valence-corrected chi connectivity index (χ3v) is 6.63. The van der Waals surface area contributed by atoms with Gasteiger partial charge < -0.3 is 10.3 Å². The topological polar surface area (TPSA) is 77.0 Å². The molecule has 1 saturated heterocycles. The molecule has 0 saturated carbocycles. The van der Waals surface area contributed by atoms with Crippen LogP contribution in [-0.2, 0) is 17.9 Å². The highest BCUT2D eigenvalue weighted by molar-refractivity contribution is 8.00. The second kappa shape index (κ2) is 9.91. The van der Waals surface area contributed by atoms with Crippen LogP contribution in [0.1, 0.15) is 41.5 Å². The van der Waals surface area contributed by atoms with Crippen LogP contribution < -0.4 is 5.73 Å². The molecule has 1 atom stereocenters. The Morgan fingerprint density at radius 2 is 1.60 bits per heavy atom. The Balaban J connectivity index is 1.63. The number of carbonyl (C=O) groups excluding carboxylic acids is 1. The van der Waals surface area contributed by atoms with Crippen molar-refractivity contribution >= 4 is 17.7 Å². The Labute approximate surface area is 181 Å². The van der Waals surface area contributed by atoms with E-state index in [1.54, 1.807) is 0 Å². The number of hydrogen-bond donors (Lipinski definition) is 1. The van der Waals surface area contributed by atoms with Crippen molar-refractivity contribution in [2.24, 2.45) is 5.73 Å². The lowest BCUT2D eigenvalue weighted by Gasteiger charge is -2.26. The summed E-state index contributed by atoms with van der Waals surface area (Å²) in [6, 6.07) is 19.9. The zero-order valence-electron chi connectivity index (χ0n) is 17.0. The highest BCUT2D eigenvalue weighted by Gasteiger charge is 2.24. The van der Waals surface area contributed by atoms with E-state index in [2.05, 4.69) is 31.8 Å². The molecule has 3 aromatic rings. The van der Waals surface area contributed by atoms with Crippen molar-refractivity contribution in [1.29, 1.82) is 0 Å². The minimum Gasteiger partial charge on any atom is -0.368 e. The highest BCUT2D eigenvalue weighted by Crippen LogP contribution is 2.34. The van der Waals surface area contributed by atoms with Crippen LogP contribution >= 0.6 is 11.8 Å². The van der Waals surface area contributed by atoms with Crippen molar-refractivity contribution < 1.29 is 4.79 Å². The van der Waals surface area contributed by atoms with Crippen LogP contribution in [0.2, 0.25) is 0 Å². The Hall–Kier alpha value is -2.64. The van der Waals surface area contributed by atoms with Gasteiger partial charge in [0.05, 0.1) is 13.1 Å². The number of nitrogens with zero attached hydrogens (tertiary/aromatic N) is 4. The van der Waals surface area contributed by atoms with Crippen LogP contribution in [0.4, 0.5) is 0 Å². The number of rotatable bonds is 8. The fourth-order valence-electron chi connectivity index (χ4n) is 3.79. The lowest BCUT2D eigenvalue weighted by Crippen LogP contribution is -2.30. The number of carbonyl (C=O) groups is 1. The van der Waals surface area contributed by atoms with Gasteiger partial charge in [-0.05, 0) is 37.1 Å². The summed E-state index contributed by atoms with van der Waals surface area (Å²) in [6.45, 7) is 3.62. The van der Waals surface area contributed by atoms with Gasteiger partial charge in [-0.1, -0.05) is 78.8 Å². The molecule has 2 N–H and O–H groups in total. The maximum atomic E-state index is 12.2. The Kier molecular flexibility index (Phi) is 6.81. The van der Waals surface area contributed by atoms with Gasteiger partial charge >= 0.3 is 0 Å². The fourth-order valence-corrected chi connectivity index (χ4v) is 4.79. The predicted octanol–water partition coefficient (Wildman–Crippen LogP) is 3.63. The van der Waals surface area contributed by atoms with Gasteiger partial charge in [-0.2, -0.15) is 0 Å². The standard InChI is InChI=1S/C23H27N5OS/c24-22(29)21(19-12-6-2-7-13-19)30-23-26-25-20(17-27-14-8-3-9-15-27)28(23)16-18-10-4-1-5-11-18/h1-2,4-7,10-13,21H,3,8-9,14-17H2,(H2,24,29)/t21-/m0/s1. The molecule has 0 bridgehead atoms. The summed E-state index contributed by atoms with van der Waals surface area (Å²) in [6.07, 6.45) is 3.75. The predicted molar refractivity (Wildman–Crippen MR) is 119 cm³/mol. The summed E-state index contributed by atoms with van der Waals surface area (Å²) >= 11 is 1.37. The number of thioether (sulfide) groups is 1. The molecule has 0 spiro atoms. The molecule has 2 aromatic carbocycles. The van der Waals surface area contributed by atoms with Crippen LogP contribution in [0.5, 0.6) is 0 Å². The van der Waals surface area contributed by atoms with Gasteiger partial charge in [0.25, 0.3) is 0 Å². The molecule has 1 aromatic heterocycles. The van der Waals surface area contributed by atoms with Crippen molar-refractivity contribution in [3.63, 3.8) is 0 Å². The molecule has 4 rings (SSSR count). The Morgan fingerprint density at radius 1 is 0.933 bits per heavy atom. The first kappa shape index (κ1) is 20.6. The first-order chi connectivity index (χ1) is 14.7. The normalized spacial score (nSPS) is 15.7. The smallest absolute Gasteiger partial charge is 0.235 e. The van der Waals surface area contributed by atoms with Gasteiger partial charge in [0, 0.05) is 0 Å². The molecule has 156 valence electrons. The first-order valence-corrected chi connectivity index (χ1v) is 11.3. The van der Waals surface area contributed by atoms with Crippen molar-refractivity contribution in [1.82, 2.24) is 19.7 Å². The number of piperidine rings is 1. The molecule has 1 aliphatic heterocycles.